The van der Waals surface area contributed by atoms with Crippen LogP contribution in [0, 0.1) is 0 Å². The Morgan fingerprint density at radius 3 is 1.20 bits per heavy atom. The van der Waals surface area contributed by atoms with Crippen LogP contribution in [0.3, 0.4) is 0 Å². The molecule has 0 radical (unpaired) electrons. The van der Waals surface area contributed by atoms with E-state index in [0.29, 0.717) is 0 Å². The third-order valence-corrected chi connectivity index (χ3v) is 2.89. The Hall–Kier alpha value is 0.620. The zero-order valence-electron chi connectivity index (χ0n) is 45.7. The molecule has 0 aromatic rings. The van der Waals surface area contributed by atoms with Gasteiger partial charge in [-0.15, -0.1) is 0 Å². The van der Waals surface area contributed by atoms with Crippen molar-refractivity contribution in [2.24, 2.45) is 0 Å². The van der Waals surface area contributed by atoms with Crippen LogP contribution >= 0.6 is 22.0 Å². The van der Waals surface area contributed by atoms with E-state index in [9.17, 15) is 0 Å². The van der Waals surface area contributed by atoms with E-state index in [2.05, 4.69) is 0 Å². The topological polar surface area (TPSA) is 6.48 Å². The lowest BCUT2D eigenvalue weighted by Crippen LogP contribution is -2.21. The van der Waals surface area contributed by atoms with Crippen molar-refractivity contribution < 1.29 is 49.3 Å². The molecule has 0 aliphatic rings. The van der Waals surface area contributed by atoms with E-state index >= 15 is 0 Å². The minimum atomic E-state index is -4.85. The van der Waals surface area contributed by atoms with Gasteiger partial charge in [-0.2, -0.15) is 0 Å². The van der Waals surface area contributed by atoms with Crippen molar-refractivity contribution in [1.82, 2.24) is 8.61 Å². The van der Waals surface area contributed by atoms with E-state index in [1.807, 2.05) is 0 Å². The van der Waals surface area contributed by atoms with E-state index in [-0.39, 0.29) is 0 Å². The molecule has 0 spiro atoms. The molecule has 0 atom stereocenters. The minimum Gasteiger partial charge on any atom is -0.240 e. The summed E-state index contributed by atoms with van der Waals surface area (Å²) >= 11 is 0. The van der Waals surface area contributed by atoms with Gasteiger partial charge in [-0.1, -0.05) is 52.9 Å². The predicted molar refractivity (Wildman–Crippen MR) is 98.0 cm³/mol. The van der Waals surface area contributed by atoms with Crippen LogP contribution < -0.4 is 0 Å². The normalized spacial score (nSPS) is 49.5. The molecular formula is C16H36N2S2. The van der Waals surface area contributed by atoms with Gasteiger partial charge in [0.25, 0.3) is 0 Å². The van der Waals surface area contributed by atoms with Crippen LogP contribution in [0.1, 0.15) is 128 Å². The van der Waals surface area contributed by atoms with Crippen LogP contribution in [0.5, 0.6) is 0 Å². The SMILES string of the molecule is [2H]C([2H])([2H])C([2H])([2H])C([2H])([2H])C([2H])([2H])N(SSN(C([2H])([2H])C([2H])([2H])C([2H])([2H])C([2H])([2H])[2H])C([2H])([2H])C([2H])([2H])C([2H])([2H])C([2H])([2H])[2H])C([2H])([2H])C([2H])([2H])C([2H])([2H])C([2H])([2H])[2H]. The van der Waals surface area contributed by atoms with Crippen molar-refractivity contribution in [3.63, 3.8) is 0 Å². The van der Waals surface area contributed by atoms with Crippen molar-refractivity contribution in [2.45, 2.75) is 78.4 Å². The maximum Gasteiger partial charge on any atom is 0.0441 e. The molecule has 0 aliphatic heterocycles. The molecule has 0 aliphatic carbocycles. The van der Waals surface area contributed by atoms with Gasteiger partial charge in [0.05, 0.1) is 0 Å². The molecule has 0 rings (SSSR count). The Balaban J connectivity index is 8.71. The molecule has 122 valence electrons. The first kappa shape index (κ1) is 2.57. The molecule has 0 saturated carbocycles. The van der Waals surface area contributed by atoms with Gasteiger partial charge in [0, 0.05) is 97.3 Å². The monoisotopic (exact) mass is 356 g/mol. The largest absolute Gasteiger partial charge is 0.240 e. The van der Waals surface area contributed by atoms with Crippen molar-refractivity contribution in [3.05, 3.63) is 0 Å². The van der Waals surface area contributed by atoms with Gasteiger partial charge < -0.3 is 0 Å². The standard InChI is InChI=1S/C16H36N2S2/c1-5-9-13-17(14-10-6-2)19-20-18(15-11-7-3)16-12-8-4/h5-16H2,1-4H3/i1D3,2D3,3D3,4D3,5D2,6D2,7D2,8D2,9D2,10D2,11D2,12D2,13D2,14D2,15D2,16D2. The fourth-order valence-corrected chi connectivity index (χ4v) is 1.82. The number of nitrogens with zero attached hydrogens (tertiary/aromatic N) is 2. The molecule has 0 aromatic carbocycles. The van der Waals surface area contributed by atoms with Crippen molar-refractivity contribution in [2.75, 3.05) is 26.0 Å². The summed E-state index contributed by atoms with van der Waals surface area (Å²) in [5, 5.41) is 0. The van der Waals surface area contributed by atoms with E-state index in [0.717, 1.165) is 0 Å². The Morgan fingerprint density at radius 2 is 0.950 bits per heavy atom. The molecule has 2 nitrogen and oxygen atoms in total. The van der Waals surface area contributed by atoms with E-state index < -0.39 is 135 Å². The van der Waals surface area contributed by atoms with Crippen LogP contribution in [0.4, 0.5) is 0 Å². The highest BCUT2D eigenvalue weighted by Crippen LogP contribution is 2.31. The summed E-state index contributed by atoms with van der Waals surface area (Å²) in [4.78, 5) is 0. The van der Waals surface area contributed by atoms with Crippen molar-refractivity contribution >= 4 is 22.0 Å². The summed E-state index contributed by atoms with van der Waals surface area (Å²) in [6, 6.07) is 0. The first-order valence-corrected chi connectivity index (χ1v) is 6.49. The minimum absolute atomic E-state index is 1.14. The lowest BCUT2D eigenvalue weighted by atomic mass is 10.3. The highest BCUT2D eigenvalue weighted by atomic mass is 33.1. The molecule has 0 N–H and O–H groups in total. The van der Waals surface area contributed by atoms with Gasteiger partial charge in [0.1, 0.15) is 0 Å². The van der Waals surface area contributed by atoms with Gasteiger partial charge in [-0.3, -0.25) is 0 Å². The first-order valence-electron chi connectivity index (χ1n) is 22.4. The number of rotatable bonds is 15. The average molecular weight is 357 g/mol. The lowest BCUT2D eigenvalue weighted by Gasteiger charge is -2.25. The summed E-state index contributed by atoms with van der Waals surface area (Å²) in [6.45, 7) is -36.3. The summed E-state index contributed by atoms with van der Waals surface area (Å²) in [5.41, 5.74) is 0. The predicted octanol–water partition coefficient (Wildman–Crippen LogP) is 6.00. The third kappa shape index (κ3) is 12.4. The second-order valence-corrected chi connectivity index (χ2v) is 4.11. The fourth-order valence-electron chi connectivity index (χ4n) is 0.512. The molecule has 4 heteroatoms. The molecular weight excluding hydrogens is 284 g/mol. The van der Waals surface area contributed by atoms with Gasteiger partial charge in [-0.05, 0) is 25.5 Å². The van der Waals surface area contributed by atoms with Crippen molar-refractivity contribution in [1.29, 1.82) is 0 Å². The molecule has 0 bridgehead atoms. The quantitative estimate of drug-likeness (QED) is 0.262. The smallest absolute Gasteiger partial charge is 0.0441 e. The van der Waals surface area contributed by atoms with Gasteiger partial charge in [0.15, 0.2) is 0 Å². The Bertz CT molecular complexity index is 1170. The van der Waals surface area contributed by atoms with Gasteiger partial charge >= 0.3 is 0 Å². The summed E-state index contributed by atoms with van der Waals surface area (Å²) in [7, 11) is -2.44. The lowest BCUT2D eigenvalue weighted by molar-refractivity contribution is 0.440. The zero-order valence-corrected chi connectivity index (χ0v) is 11.3. The third-order valence-electron chi connectivity index (χ3n) is 1.06. The maximum absolute atomic E-state index is 8.48. The number of hydrogen-bond acceptors (Lipinski definition) is 4. The zero-order chi connectivity index (χ0) is 46.6. The molecule has 20 heavy (non-hydrogen) atoms. The molecule has 0 amide bonds. The van der Waals surface area contributed by atoms with Gasteiger partial charge in [-0.25, -0.2) is 8.61 Å². The molecule has 0 saturated heterocycles. The Kier molecular flexibility index (Phi) is 2.05. The molecule has 0 unspecified atom stereocenters. The molecule has 0 heterocycles. The number of hydrogen-bond donors (Lipinski definition) is 0. The van der Waals surface area contributed by atoms with E-state index in [1.165, 1.54) is 0 Å². The molecule has 0 fully saturated rings. The van der Waals surface area contributed by atoms with Crippen molar-refractivity contribution in [3.8, 4) is 0 Å². The summed E-state index contributed by atoms with van der Waals surface area (Å²) in [5.74, 6) is 0. The summed E-state index contributed by atoms with van der Waals surface area (Å²) in [6.07, 6.45) is -37.1. The van der Waals surface area contributed by atoms with Crippen LogP contribution in [-0.2, 0) is 0 Å². The first-order chi connectivity index (χ1) is 23.5. The van der Waals surface area contributed by atoms with Crippen LogP contribution in [-0.4, -0.2) is 34.6 Å². The van der Waals surface area contributed by atoms with E-state index in [4.69, 9.17) is 49.3 Å². The highest BCUT2D eigenvalue weighted by molar-refractivity contribution is 8.74. The Labute approximate surface area is 186 Å². The highest BCUT2D eigenvalue weighted by Gasteiger charge is 2.10. The maximum atomic E-state index is 8.48. The van der Waals surface area contributed by atoms with Gasteiger partial charge in [0.2, 0.25) is 0 Å². The van der Waals surface area contributed by atoms with E-state index in [1.54, 1.807) is 0 Å². The second kappa shape index (κ2) is 16.0. The molecule has 0 aromatic heterocycles. The van der Waals surface area contributed by atoms with Crippen LogP contribution in [0.15, 0.2) is 0 Å². The average Bonchev–Trinajstić information content (AvgIpc) is 2.91. The van der Waals surface area contributed by atoms with Crippen LogP contribution in [0.2, 0.25) is 0 Å². The Morgan fingerprint density at radius 1 is 0.650 bits per heavy atom. The van der Waals surface area contributed by atoms with Crippen LogP contribution in [0.25, 0.3) is 0 Å². The fraction of sp³-hybridized carbons (Fsp3) is 1.00. The second-order valence-electron chi connectivity index (χ2n) is 2.19. The summed E-state index contributed by atoms with van der Waals surface area (Å²) < 4.78 is 283.